The number of benzene rings is 2. The van der Waals surface area contributed by atoms with Gasteiger partial charge in [0.15, 0.2) is 0 Å². The van der Waals surface area contributed by atoms with Crippen molar-refractivity contribution in [3.8, 4) is 0 Å². The lowest BCUT2D eigenvalue weighted by molar-refractivity contribution is -0.140. The number of alkyl halides is 3. The van der Waals surface area contributed by atoms with E-state index < -0.39 is 46.4 Å². The van der Waals surface area contributed by atoms with Crippen molar-refractivity contribution < 1.29 is 31.4 Å². The first-order valence-electron chi connectivity index (χ1n) is 5.71. The van der Waals surface area contributed by atoms with Crippen LogP contribution in [0.4, 0.5) is 26.3 Å². The molecule has 0 amide bonds. The van der Waals surface area contributed by atoms with Gasteiger partial charge in [-0.05, 0) is 18.2 Å². The molecule has 2 aromatic rings. The lowest BCUT2D eigenvalue weighted by Gasteiger charge is -2.16. The zero-order valence-electron chi connectivity index (χ0n) is 10.3. The van der Waals surface area contributed by atoms with Crippen LogP contribution in [0.25, 0.3) is 0 Å². The van der Waals surface area contributed by atoms with E-state index in [1.54, 1.807) is 0 Å². The third kappa shape index (κ3) is 2.87. The molecule has 0 saturated heterocycles. The molecule has 1 unspecified atom stereocenters. The van der Waals surface area contributed by atoms with Crippen molar-refractivity contribution in [2.45, 2.75) is 12.3 Å². The number of halogens is 6. The predicted molar refractivity (Wildman–Crippen MR) is 61.8 cm³/mol. The highest BCUT2D eigenvalue weighted by Crippen LogP contribution is 2.36. The minimum Gasteiger partial charge on any atom is -0.383 e. The van der Waals surface area contributed by atoms with Crippen LogP contribution in [0.15, 0.2) is 36.4 Å². The van der Waals surface area contributed by atoms with Gasteiger partial charge in [-0.2, -0.15) is 13.2 Å². The fourth-order valence-corrected chi connectivity index (χ4v) is 1.91. The van der Waals surface area contributed by atoms with E-state index in [2.05, 4.69) is 0 Å². The third-order valence-electron chi connectivity index (χ3n) is 2.90. The highest BCUT2D eigenvalue weighted by molar-refractivity contribution is 5.36. The molecule has 0 bridgehead atoms. The summed E-state index contributed by atoms with van der Waals surface area (Å²) in [5.74, 6) is -4.13. The maximum absolute atomic E-state index is 13.8. The van der Waals surface area contributed by atoms with Gasteiger partial charge in [0, 0.05) is 5.56 Å². The summed E-state index contributed by atoms with van der Waals surface area (Å²) in [6, 6.07) is 4.80. The first kappa shape index (κ1) is 15.4. The van der Waals surface area contributed by atoms with Gasteiger partial charge in [-0.15, -0.1) is 0 Å². The van der Waals surface area contributed by atoms with Crippen molar-refractivity contribution in [2.75, 3.05) is 0 Å². The largest absolute Gasteiger partial charge is 0.419 e. The quantitative estimate of drug-likeness (QED) is 0.824. The molecule has 0 aliphatic heterocycles. The van der Waals surface area contributed by atoms with Crippen molar-refractivity contribution >= 4 is 0 Å². The van der Waals surface area contributed by atoms with E-state index in [1.165, 1.54) is 0 Å². The van der Waals surface area contributed by atoms with Crippen LogP contribution in [0, 0.1) is 17.5 Å². The molecule has 2 aromatic carbocycles. The van der Waals surface area contributed by atoms with Crippen LogP contribution in [0.3, 0.4) is 0 Å². The van der Waals surface area contributed by atoms with Crippen molar-refractivity contribution in [3.63, 3.8) is 0 Å². The minimum atomic E-state index is -4.98. The topological polar surface area (TPSA) is 20.2 Å². The highest BCUT2D eigenvalue weighted by Gasteiger charge is 2.36. The Hall–Kier alpha value is -2.02. The van der Waals surface area contributed by atoms with Gasteiger partial charge in [0.05, 0.1) is 11.1 Å². The van der Waals surface area contributed by atoms with E-state index in [0.717, 1.165) is 30.3 Å². The molecule has 0 aliphatic rings. The Balaban J connectivity index is 2.57. The van der Waals surface area contributed by atoms with E-state index >= 15 is 0 Å². The molecule has 112 valence electrons. The fraction of sp³-hybridized carbons (Fsp3) is 0.143. The molecule has 0 fully saturated rings. The van der Waals surface area contributed by atoms with Crippen molar-refractivity contribution in [1.29, 1.82) is 0 Å². The number of hydrogen-bond donors (Lipinski definition) is 1. The van der Waals surface area contributed by atoms with Crippen LogP contribution in [0.1, 0.15) is 22.8 Å². The van der Waals surface area contributed by atoms with Gasteiger partial charge in [-0.1, -0.05) is 18.2 Å². The average Bonchev–Trinajstić information content (AvgIpc) is 2.37. The van der Waals surface area contributed by atoms with E-state index in [9.17, 15) is 31.4 Å². The second-order valence-electron chi connectivity index (χ2n) is 4.24. The normalized spacial score (nSPS) is 13.3. The molecule has 7 heteroatoms. The molecule has 0 saturated carbocycles. The molecule has 2 rings (SSSR count). The second kappa shape index (κ2) is 5.40. The molecule has 0 aliphatic carbocycles. The first-order chi connectivity index (χ1) is 9.73. The summed E-state index contributed by atoms with van der Waals surface area (Å²) in [7, 11) is 0. The van der Waals surface area contributed by atoms with E-state index in [-0.39, 0.29) is 0 Å². The van der Waals surface area contributed by atoms with E-state index in [1.807, 2.05) is 0 Å². The molecule has 1 atom stereocenters. The maximum Gasteiger partial charge on any atom is 0.419 e. The van der Waals surface area contributed by atoms with Gasteiger partial charge in [-0.25, -0.2) is 13.2 Å². The summed E-state index contributed by atoms with van der Waals surface area (Å²) in [6.07, 6.45) is -7.17. The van der Waals surface area contributed by atoms with Crippen LogP contribution in [-0.4, -0.2) is 5.11 Å². The second-order valence-corrected chi connectivity index (χ2v) is 4.24. The van der Waals surface area contributed by atoms with Crippen LogP contribution < -0.4 is 0 Å². The number of aliphatic hydroxyl groups excluding tert-OH is 1. The molecule has 1 nitrogen and oxygen atoms in total. The van der Waals surface area contributed by atoms with Gasteiger partial charge < -0.3 is 5.11 Å². The number of hydrogen-bond acceptors (Lipinski definition) is 1. The van der Waals surface area contributed by atoms with Gasteiger partial charge in [0.25, 0.3) is 0 Å². The number of aliphatic hydroxyl groups is 1. The van der Waals surface area contributed by atoms with Crippen molar-refractivity contribution in [1.82, 2.24) is 0 Å². The van der Waals surface area contributed by atoms with Gasteiger partial charge in [0.2, 0.25) is 0 Å². The van der Waals surface area contributed by atoms with Crippen LogP contribution in [-0.2, 0) is 6.18 Å². The molecule has 0 radical (unpaired) electrons. The molecular formula is C14H8F6O. The highest BCUT2D eigenvalue weighted by atomic mass is 19.4. The molecular weight excluding hydrogens is 298 g/mol. The van der Waals surface area contributed by atoms with Crippen LogP contribution in [0.5, 0.6) is 0 Å². The Kier molecular flexibility index (Phi) is 3.95. The summed E-state index contributed by atoms with van der Waals surface area (Å²) in [6.45, 7) is 0. The first-order valence-corrected chi connectivity index (χ1v) is 5.71. The maximum atomic E-state index is 13.8. The summed E-state index contributed by atoms with van der Waals surface area (Å²) in [5.41, 5.74) is -3.37. The zero-order valence-corrected chi connectivity index (χ0v) is 10.3. The Morgan fingerprint density at radius 1 is 0.857 bits per heavy atom. The minimum absolute atomic E-state index is 0.475. The lowest BCUT2D eigenvalue weighted by atomic mass is 9.98. The van der Waals surface area contributed by atoms with Gasteiger partial charge in [0.1, 0.15) is 23.6 Å². The summed E-state index contributed by atoms with van der Waals surface area (Å²) >= 11 is 0. The van der Waals surface area contributed by atoms with Crippen molar-refractivity contribution in [3.05, 3.63) is 70.5 Å². The molecule has 1 N–H and O–H groups in total. The molecule has 0 spiro atoms. The number of rotatable bonds is 2. The molecule has 0 aromatic heterocycles. The Bertz CT molecular complexity index is 645. The fourth-order valence-electron chi connectivity index (χ4n) is 1.91. The van der Waals surface area contributed by atoms with Gasteiger partial charge in [-0.3, -0.25) is 0 Å². The monoisotopic (exact) mass is 306 g/mol. The smallest absolute Gasteiger partial charge is 0.383 e. The molecule has 21 heavy (non-hydrogen) atoms. The van der Waals surface area contributed by atoms with Crippen LogP contribution in [0.2, 0.25) is 0 Å². The Morgan fingerprint density at radius 2 is 1.38 bits per heavy atom. The third-order valence-corrected chi connectivity index (χ3v) is 2.90. The summed E-state index contributed by atoms with van der Waals surface area (Å²) < 4.78 is 78.6. The molecule has 0 heterocycles. The summed E-state index contributed by atoms with van der Waals surface area (Å²) in [4.78, 5) is 0. The Morgan fingerprint density at radius 3 is 1.90 bits per heavy atom. The van der Waals surface area contributed by atoms with Crippen molar-refractivity contribution in [2.24, 2.45) is 0 Å². The standard InChI is InChI=1S/C14H8F6O/c15-9-5-2-6-10(16)11(9)13(21)7-3-1-4-8(12(7)17)14(18,19)20/h1-6,13,21H. The average molecular weight is 306 g/mol. The predicted octanol–water partition coefficient (Wildman–Crippen LogP) is 4.20. The SMILES string of the molecule is OC(c1cccc(C(F)(F)F)c1F)c1c(F)cccc1F. The Labute approximate surface area is 115 Å². The lowest BCUT2D eigenvalue weighted by Crippen LogP contribution is -2.13. The summed E-state index contributed by atoms with van der Waals surface area (Å²) in [5, 5.41) is 9.84. The zero-order chi connectivity index (χ0) is 15.8. The van der Waals surface area contributed by atoms with E-state index in [4.69, 9.17) is 0 Å². The van der Waals surface area contributed by atoms with Crippen LogP contribution >= 0.6 is 0 Å². The van der Waals surface area contributed by atoms with E-state index in [0.29, 0.717) is 6.07 Å². The van der Waals surface area contributed by atoms with Gasteiger partial charge >= 0.3 is 6.18 Å².